The Bertz CT molecular complexity index is 432. The van der Waals surface area contributed by atoms with Crippen LogP contribution in [0.15, 0.2) is 18.5 Å². The zero-order valence-corrected chi connectivity index (χ0v) is 10.6. The molecule has 0 unspecified atom stereocenters. The van der Waals surface area contributed by atoms with Crippen LogP contribution in [0.5, 0.6) is 5.75 Å². The number of hydrogen-bond acceptors (Lipinski definition) is 3. The molecule has 1 aromatic rings. The van der Waals surface area contributed by atoms with Gasteiger partial charge in [0, 0.05) is 12.3 Å². The zero-order chi connectivity index (χ0) is 12.1. The van der Waals surface area contributed by atoms with Gasteiger partial charge < -0.3 is 10.5 Å². The van der Waals surface area contributed by atoms with Crippen molar-refractivity contribution in [2.24, 2.45) is 23.7 Å². The van der Waals surface area contributed by atoms with E-state index in [4.69, 9.17) is 10.5 Å². The summed E-state index contributed by atoms with van der Waals surface area (Å²) in [6.07, 6.45) is 10.9. The molecular weight excluding hydrogens is 224 g/mol. The van der Waals surface area contributed by atoms with Gasteiger partial charge in [-0.25, -0.2) is 0 Å². The van der Waals surface area contributed by atoms with Gasteiger partial charge in [0.05, 0.1) is 11.9 Å². The van der Waals surface area contributed by atoms with Crippen molar-refractivity contribution >= 4 is 5.69 Å². The molecule has 3 heteroatoms. The number of nitrogens with zero attached hydrogens (tertiary/aromatic N) is 1. The van der Waals surface area contributed by atoms with Gasteiger partial charge in [-0.15, -0.1) is 0 Å². The van der Waals surface area contributed by atoms with E-state index in [9.17, 15) is 0 Å². The molecule has 2 N–H and O–H groups in total. The molecule has 0 amide bonds. The van der Waals surface area contributed by atoms with Gasteiger partial charge in [-0.1, -0.05) is 0 Å². The lowest BCUT2D eigenvalue weighted by Crippen LogP contribution is -2.50. The van der Waals surface area contributed by atoms with Crippen LogP contribution in [0.25, 0.3) is 0 Å². The minimum Gasteiger partial charge on any atom is -0.488 e. The van der Waals surface area contributed by atoms with Crippen LogP contribution >= 0.6 is 0 Å². The van der Waals surface area contributed by atoms with Gasteiger partial charge >= 0.3 is 0 Å². The van der Waals surface area contributed by atoms with Crippen molar-refractivity contribution in [3.8, 4) is 5.75 Å². The van der Waals surface area contributed by atoms with Crippen LogP contribution in [-0.2, 0) is 0 Å². The molecule has 4 fully saturated rings. The number of aromatic nitrogens is 1. The van der Waals surface area contributed by atoms with E-state index in [2.05, 4.69) is 4.98 Å². The van der Waals surface area contributed by atoms with Gasteiger partial charge in [-0.05, 0) is 55.8 Å². The van der Waals surface area contributed by atoms with Crippen LogP contribution < -0.4 is 10.5 Å². The fraction of sp³-hybridized carbons (Fsp3) is 0.667. The van der Waals surface area contributed by atoms with E-state index in [0.29, 0.717) is 11.8 Å². The minimum absolute atomic E-state index is 0.405. The van der Waals surface area contributed by atoms with Crippen LogP contribution in [0.3, 0.4) is 0 Å². The maximum atomic E-state index is 6.26. The van der Waals surface area contributed by atoms with Gasteiger partial charge in [-0.2, -0.15) is 0 Å². The van der Waals surface area contributed by atoms with Gasteiger partial charge in [0.15, 0.2) is 0 Å². The van der Waals surface area contributed by atoms with Crippen molar-refractivity contribution in [1.82, 2.24) is 4.98 Å². The van der Waals surface area contributed by atoms with Gasteiger partial charge in [-0.3, -0.25) is 4.98 Å². The summed E-state index contributed by atoms with van der Waals surface area (Å²) < 4.78 is 6.26. The lowest BCUT2D eigenvalue weighted by Gasteiger charge is -2.53. The fourth-order valence-electron chi connectivity index (χ4n) is 4.72. The largest absolute Gasteiger partial charge is 0.488 e. The number of rotatable bonds is 2. The number of ether oxygens (including phenoxy) is 1. The monoisotopic (exact) mass is 244 g/mol. The van der Waals surface area contributed by atoms with E-state index in [1.165, 1.54) is 32.1 Å². The lowest BCUT2D eigenvalue weighted by atomic mass is 9.55. The highest BCUT2D eigenvalue weighted by Gasteiger charge is 2.49. The molecule has 5 rings (SSSR count). The van der Waals surface area contributed by atoms with E-state index in [-0.39, 0.29) is 0 Å². The Morgan fingerprint density at radius 1 is 1.06 bits per heavy atom. The molecule has 4 saturated carbocycles. The maximum Gasteiger partial charge on any atom is 0.145 e. The Hall–Kier alpha value is -1.25. The summed E-state index contributed by atoms with van der Waals surface area (Å²) in [6, 6.07) is 1.90. The molecule has 0 aliphatic heterocycles. The Balaban J connectivity index is 1.57. The number of pyridine rings is 1. The van der Waals surface area contributed by atoms with Crippen LogP contribution in [0.1, 0.15) is 32.1 Å². The molecule has 4 aliphatic carbocycles. The smallest absolute Gasteiger partial charge is 0.145 e. The van der Waals surface area contributed by atoms with Crippen LogP contribution in [0.2, 0.25) is 0 Å². The zero-order valence-electron chi connectivity index (χ0n) is 10.6. The molecule has 0 spiro atoms. The third kappa shape index (κ3) is 1.60. The predicted molar refractivity (Wildman–Crippen MR) is 70.1 cm³/mol. The van der Waals surface area contributed by atoms with Crippen molar-refractivity contribution in [2.45, 2.75) is 38.2 Å². The second kappa shape index (κ2) is 3.87. The first-order valence-corrected chi connectivity index (χ1v) is 7.15. The fourth-order valence-corrected chi connectivity index (χ4v) is 4.72. The summed E-state index contributed by atoms with van der Waals surface area (Å²) in [4.78, 5) is 4.02. The van der Waals surface area contributed by atoms with Crippen LogP contribution in [-0.4, -0.2) is 11.1 Å². The summed E-state index contributed by atoms with van der Waals surface area (Å²) >= 11 is 0. The Labute approximate surface area is 108 Å². The van der Waals surface area contributed by atoms with E-state index in [1.54, 1.807) is 12.4 Å². The summed E-state index contributed by atoms with van der Waals surface area (Å²) in [5.74, 6) is 4.36. The molecule has 0 aromatic carbocycles. The van der Waals surface area contributed by atoms with Crippen LogP contribution in [0, 0.1) is 23.7 Å². The predicted octanol–water partition coefficient (Wildman–Crippen LogP) is 2.87. The van der Waals surface area contributed by atoms with Gasteiger partial charge in [0.2, 0.25) is 0 Å². The Morgan fingerprint density at radius 2 is 1.72 bits per heavy atom. The second-order valence-corrected chi connectivity index (χ2v) is 6.43. The van der Waals surface area contributed by atoms with Crippen molar-refractivity contribution in [2.75, 3.05) is 5.73 Å². The van der Waals surface area contributed by atoms with E-state index < -0.39 is 0 Å². The molecule has 0 atom stereocenters. The molecule has 1 aromatic heterocycles. The van der Waals surface area contributed by atoms with Gasteiger partial charge in [0.25, 0.3) is 0 Å². The molecule has 0 radical (unpaired) electrons. The van der Waals surface area contributed by atoms with Crippen molar-refractivity contribution in [3.63, 3.8) is 0 Å². The molecule has 4 bridgehead atoms. The first-order valence-electron chi connectivity index (χ1n) is 7.15. The number of nitrogens with two attached hydrogens (primary N) is 1. The molecule has 3 nitrogen and oxygen atoms in total. The summed E-state index contributed by atoms with van der Waals surface area (Å²) in [5.41, 5.74) is 6.61. The SMILES string of the molecule is Nc1cnccc1OC1C2CC3CC(C2)CC1C3. The van der Waals surface area contributed by atoms with E-state index in [0.717, 1.165) is 29.4 Å². The third-order valence-electron chi connectivity index (χ3n) is 5.21. The normalized spacial score (nSPS) is 41.0. The highest BCUT2D eigenvalue weighted by atomic mass is 16.5. The van der Waals surface area contributed by atoms with Crippen LogP contribution in [0.4, 0.5) is 5.69 Å². The summed E-state index contributed by atoms with van der Waals surface area (Å²) in [7, 11) is 0. The van der Waals surface area contributed by atoms with E-state index in [1.807, 2.05) is 6.07 Å². The van der Waals surface area contributed by atoms with Crippen molar-refractivity contribution in [1.29, 1.82) is 0 Å². The molecule has 1 heterocycles. The average molecular weight is 244 g/mol. The standard InChI is InChI=1S/C15H20N2O/c16-13-8-17-2-1-14(13)18-15-11-4-9-3-10(6-11)7-12(15)5-9/h1-2,8-12,15H,3-7,16H2. The number of nitrogen functional groups attached to an aromatic ring is 1. The minimum atomic E-state index is 0.405. The third-order valence-corrected chi connectivity index (χ3v) is 5.21. The topological polar surface area (TPSA) is 48.1 Å². The number of hydrogen-bond donors (Lipinski definition) is 1. The molecule has 18 heavy (non-hydrogen) atoms. The highest BCUT2D eigenvalue weighted by Crippen LogP contribution is 2.54. The Kier molecular flexibility index (Phi) is 2.29. The quantitative estimate of drug-likeness (QED) is 0.870. The number of anilines is 1. The first kappa shape index (κ1) is 10.7. The van der Waals surface area contributed by atoms with Crippen molar-refractivity contribution < 1.29 is 4.74 Å². The van der Waals surface area contributed by atoms with E-state index >= 15 is 0 Å². The highest BCUT2D eigenvalue weighted by molar-refractivity contribution is 5.49. The summed E-state index contributed by atoms with van der Waals surface area (Å²) in [6.45, 7) is 0. The van der Waals surface area contributed by atoms with Gasteiger partial charge in [0.1, 0.15) is 11.9 Å². The maximum absolute atomic E-state index is 6.26. The lowest BCUT2D eigenvalue weighted by molar-refractivity contribution is -0.0787. The molecular formula is C15H20N2O. The molecule has 0 saturated heterocycles. The first-order chi connectivity index (χ1) is 8.79. The summed E-state index contributed by atoms with van der Waals surface area (Å²) in [5, 5.41) is 0. The average Bonchev–Trinajstić information content (AvgIpc) is 2.35. The Morgan fingerprint density at radius 3 is 2.33 bits per heavy atom. The molecule has 4 aliphatic rings. The second-order valence-electron chi connectivity index (χ2n) is 6.43. The molecule has 96 valence electrons. The van der Waals surface area contributed by atoms with Crippen molar-refractivity contribution in [3.05, 3.63) is 18.5 Å².